The average Bonchev–Trinajstić information content (AvgIpc) is 2.83. The molecule has 3 nitrogen and oxygen atoms in total. The fraction of sp³-hybridized carbons (Fsp3) is 0.615. The zero-order valence-electron chi connectivity index (χ0n) is 9.78. The lowest BCUT2D eigenvalue weighted by molar-refractivity contribution is 0.525. The topological polar surface area (TPSA) is 37.0 Å². The molecular weight excluding hydrogens is 198 g/mol. The lowest BCUT2D eigenvalue weighted by atomic mass is 10.1. The first kappa shape index (κ1) is 11.6. The van der Waals surface area contributed by atoms with Gasteiger partial charge in [0, 0.05) is 18.4 Å². The summed E-state index contributed by atoms with van der Waals surface area (Å²) in [6.45, 7) is 3.39. The minimum Gasteiger partial charge on any atom is -0.316 e. The van der Waals surface area contributed by atoms with Gasteiger partial charge < -0.3 is 10.6 Å². The third kappa shape index (κ3) is 3.91. The van der Waals surface area contributed by atoms with Crippen LogP contribution in [0.25, 0.3) is 0 Å². The predicted octanol–water partition coefficient (Wildman–Crippen LogP) is 1.36. The van der Waals surface area contributed by atoms with Gasteiger partial charge in [0.1, 0.15) is 0 Å². The van der Waals surface area contributed by atoms with Crippen LogP contribution in [-0.2, 0) is 6.42 Å². The molecule has 88 valence electrons. The Morgan fingerprint density at radius 1 is 1.44 bits per heavy atom. The molecule has 0 aliphatic carbocycles. The molecule has 2 heterocycles. The van der Waals surface area contributed by atoms with Crippen molar-refractivity contribution in [2.75, 3.05) is 19.6 Å². The molecular formula is C13H21N3. The van der Waals surface area contributed by atoms with Gasteiger partial charge in [0.15, 0.2) is 0 Å². The van der Waals surface area contributed by atoms with Crippen LogP contribution in [0.3, 0.4) is 0 Å². The van der Waals surface area contributed by atoms with Crippen molar-refractivity contribution in [2.45, 2.75) is 31.7 Å². The Morgan fingerprint density at radius 2 is 2.44 bits per heavy atom. The van der Waals surface area contributed by atoms with Crippen LogP contribution in [0.2, 0.25) is 0 Å². The van der Waals surface area contributed by atoms with Crippen LogP contribution >= 0.6 is 0 Å². The van der Waals surface area contributed by atoms with E-state index in [-0.39, 0.29) is 0 Å². The van der Waals surface area contributed by atoms with Gasteiger partial charge in [-0.2, -0.15) is 0 Å². The van der Waals surface area contributed by atoms with Gasteiger partial charge in [-0.3, -0.25) is 4.98 Å². The van der Waals surface area contributed by atoms with Crippen molar-refractivity contribution in [3.8, 4) is 0 Å². The summed E-state index contributed by atoms with van der Waals surface area (Å²) in [6, 6.07) is 4.89. The molecule has 16 heavy (non-hydrogen) atoms. The summed E-state index contributed by atoms with van der Waals surface area (Å²) < 4.78 is 0. The van der Waals surface area contributed by atoms with E-state index in [2.05, 4.69) is 21.7 Å². The van der Waals surface area contributed by atoms with E-state index in [0.29, 0.717) is 0 Å². The fourth-order valence-electron chi connectivity index (χ4n) is 2.18. The maximum Gasteiger partial charge on any atom is 0.0300 e. The first-order valence-electron chi connectivity index (χ1n) is 6.28. The van der Waals surface area contributed by atoms with Crippen LogP contribution in [0.1, 0.15) is 24.8 Å². The highest BCUT2D eigenvalue weighted by Gasteiger charge is 2.12. The van der Waals surface area contributed by atoms with Crippen LogP contribution < -0.4 is 10.6 Å². The molecule has 0 amide bonds. The van der Waals surface area contributed by atoms with E-state index in [0.717, 1.165) is 25.6 Å². The summed E-state index contributed by atoms with van der Waals surface area (Å²) in [7, 11) is 0. The molecule has 0 bridgehead atoms. The minimum absolute atomic E-state index is 0.755. The number of pyridine rings is 1. The number of hydrogen-bond acceptors (Lipinski definition) is 3. The normalized spacial score (nSPS) is 20.1. The van der Waals surface area contributed by atoms with E-state index >= 15 is 0 Å². The minimum atomic E-state index is 0.755. The number of nitrogens with zero attached hydrogens (tertiary/aromatic N) is 1. The number of aromatic nitrogens is 1. The lowest BCUT2D eigenvalue weighted by Gasteiger charge is -2.10. The molecule has 2 rings (SSSR count). The van der Waals surface area contributed by atoms with Gasteiger partial charge in [-0.15, -0.1) is 0 Å². The smallest absolute Gasteiger partial charge is 0.0300 e. The molecule has 0 aromatic carbocycles. The summed E-state index contributed by atoms with van der Waals surface area (Å²) in [4.78, 5) is 4.11. The average molecular weight is 219 g/mol. The highest BCUT2D eigenvalue weighted by atomic mass is 14.9. The van der Waals surface area contributed by atoms with E-state index in [1.54, 1.807) is 0 Å². The van der Waals surface area contributed by atoms with Gasteiger partial charge in [0.05, 0.1) is 0 Å². The van der Waals surface area contributed by atoms with Crippen LogP contribution in [0, 0.1) is 0 Å². The highest BCUT2D eigenvalue weighted by Crippen LogP contribution is 2.07. The molecule has 1 fully saturated rings. The fourth-order valence-corrected chi connectivity index (χ4v) is 2.18. The van der Waals surface area contributed by atoms with E-state index in [1.807, 2.05) is 18.5 Å². The third-order valence-electron chi connectivity index (χ3n) is 3.15. The van der Waals surface area contributed by atoms with Crippen molar-refractivity contribution in [1.82, 2.24) is 15.6 Å². The van der Waals surface area contributed by atoms with Crippen molar-refractivity contribution in [3.05, 3.63) is 30.1 Å². The molecule has 0 spiro atoms. The Kier molecular flexibility index (Phi) is 4.77. The number of rotatable bonds is 6. The Hall–Kier alpha value is -0.930. The van der Waals surface area contributed by atoms with Gasteiger partial charge in [-0.25, -0.2) is 0 Å². The number of nitrogens with one attached hydrogen (secondary N) is 2. The monoisotopic (exact) mass is 219 g/mol. The molecule has 1 saturated heterocycles. The lowest BCUT2D eigenvalue weighted by Crippen LogP contribution is -2.28. The Morgan fingerprint density at radius 3 is 3.19 bits per heavy atom. The molecule has 2 N–H and O–H groups in total. The Balaban J connectivity index is 1.52. The quantitative estimate of drug-likeness (QED) is 0.709. The Bertz CT molecular complexity index is 280. The van der Waals surface area contributed by atoms with Crippen molar-refractivity contribution in [1.29, 1.82) is 0 Å². The summed E-state index contributed by atoms with van der Waals surface area (Å²) >= 11 is 0. The summed E-state index contributed by atoms with van der Waals surface area (Å²) in [6.07, 6.45) is 8.80. The second kappa shape index (κ2) is 6.61. The molecule has 1 aromatic heterocycles. The summed E-state index contributed by atoms with van der Waals surface area (Å²) in [5.41, 5.74) is 1.31. The number of hydrogen-bond donors (Lipinski definition) is 2. The van der Waals surface area contributed by atoms with Crippen molar-refractivity contribution in [3.63, 3.8) is 0 Å². The van der Waals surface area contributed by atoms with Gasteiger partial charge in [0.25, 0.3) is 0 Å². The van der Waals surface area contributed by atoms with Crippen molar-refractivity contribution >= 4 is 0 Å². The maximum atomic E-state index is 4.11. The second-order valence-electron chi connectivity index (χ2n) is 4.44. The highest BCUT2D eigenvalue weighted by molar-refractivity contribution is 5.08. The van der Waals surface area contributed by atoms with Crippen LogP contribution in [-0.4, -0.2) is 30.7 Å². The first-order valence-corrected chi connectivity index (χ1v) is 6.28. The van der Waals surface area contributed by atoms with E-state index in [9.17, 15) is 0 Å². The van der Waals surface area contributed by atoms with E-state index in [1.165, 1.54) is 31.4 Å². The molecule has 1 unspecified atom stereocenters. The van der Waals surface area contributed by atoms with Gasteiger partial charge in [-0.1, -0.05) is 6.07 Å². The van der Waals surface area contributed by atoms with Crippen LogP contribution in [0.5, 0.6) is 0 Å². The standard InChI is InChI=1S/C13H21N3/c1-3-12(11-15-7-1)5-9-14-10-6-13-4-2-8-16-13/h1,3,7,11,13-14,16H,2,4-6,8-10H2. The van der Waals surface area contributed by atoms with Gasteiger partial charge >= 0.3 is 0 Å². The molecule has 3 heteroatoms. The summed E-state index contributed by atoms with van der Waals surface area (Å²) in [5, 5.41) is 7.01. The van der Waals surface area contributed by atoms with E-state index in [4.69, 9.17) is 0 Å². The van der Waals surface area contributed by atoms with Crippen molar-refractivity contribution in [2.24, 2.45) is 0 Å². The second-order valence-corrected chi connectivity index (χ2v) is 4.44. The summed E-state index contributed by atoms with van der Waals surface area (Å²) in [5.74, 6) is 0. The SMILES string of the molecule is c1cncc(CCNCCC2CCCN2)c1. The molecule has 1 aliphatic rings. The largest absolute Gasteiger partial charge is 0.316 e. The molecule has 0 radical (unpaired) electrons. The molecule has 1 atom stereocenters. The van der Waals surface area contributed by atoms with Gasteiger partial charge in [-0.05, 0) is 56.9 Å². The van der Waals surface area contributed by atoms with Crippen LogP contribution in [0.4, 0.5) is 0 Å². The predicted molar refractivity (Wildman–Crippen MR) is 66.5 cm³/mol. The maximum absolute atomic E-state index is 4.11. The molecule has 0 saturated carbocycles. The molecule has 1 aromatic rings. The van der Waals surface area contributed by atoms with Crippen LogP contribution in [0.15, 0.2) is 24.5 Å². The van der Waals surface area contributed by atoms with E-state index < -0.39 is 0 Å². The third-order valence-corrected chi connectivity index (χ3v) is 3.15. The van der Waals surface area contributed by atoms with Gasteiger partial charge in [0.2, 0.25) is 0 Å². The van der Waals surface area contributed by atoms with Crippen molar-refractivity contribution < 1.29 is 0 Å². The molecule has 1 aliphatic heterocycles. The Labute approximate surface area is 97.7 Å². The zero-order chi connectivity index (χ0) is 11.1. The first-order chi connectivity index (χ1) is 7.95. The zero-order valence-corrected chi connectivity index (χ0v) is 9.78.